The van der Waals surface area contributed by atoms with Crippen molar-refractivity contribution in [1.82, 2.24) is 4.90 Å². The first-order valence-electron chi connectivity index (χ1n) is 7.33. The molecule has 2 saturated heterocycles. The van der Waals surface area contributed by atoms with Crippen molar-refractivity contribution < 1.29 is 19.0 Å². The van der Waals surface area contributed by atoms with Crippen LogP contribution in [0.25, 0.3) is 0 Å². The lowest BCUT2D eigenvalue weighted by Gasteiger charge is -2.31. The number of hydrogen-bond donors (Lipinski definition) is 0. The van der Waals surface area contributed by atoms with Gasteiger partial charge in [0, 0.05) is 19.7 Å². The van der Waals surface area contributed by atoms with Crippen molar-refractivity contribution >= 4 is 5.97 Å². The van der Waals surface area contributed by atoms with Gasteiger partial charge in [-0.3, -0.25) is 4.79 Å². The van der Waals surface area contributed by atoms with Crippen molar-refractivity contribution in [2.24, 2.45) is 5.92 Å². The van der Waals surface area contributed by atoms with Gasteiger partial charge in [0.05, 0.1) is 19.6 Å². The molecule has 0 spiro atoms. The molecule has 2 fully saturated rings. The third kappa shape index (κ3) is 4.75. The highest BCUT2D eigenvalue weighted by Crippen LogP contribution is 2.18. The number of carbonyl (C=O) groups is 1. The Morgan fingerprint density at radius 1 is 1.32 bits per heavy atom. The smallest absolute Gasteiger partial charge is 0.309 e. The maximum Gasteiger partial charge on any atom is 0.309 e. The number of hydrogen-bond acceptors (Lipinski definition) is 5. The molecule has 0 N–H and O–H groups in total. The molecule has 0 aromatic carbocycles. The highest BCUT2D eigenvalue weighted by molar-refractivity contribution is 5.72. The molecule has 0 aliphatic carbocycles. The van der Waals surface area contributed by atoms with Gasteiger partial charge in [-0.1, -0.05) is 0 Å². The van der Waals surface area contributed by atoms with E-state index in [1.54, 1.807) is 0 Å². The molecule has 5 heteroatoms. The van der Waals surface area contributed by atoms with Crippen molar-refractivity contribution in [3.8, 4) is 0 Å². The summed E-state index contributed by atoms with van der Waals surface area (Å²) in [4.78, 5) is 13.8. The van der Waals surface area contributed by atoms with Crippen molar-refractivity contribution in [1.29, 1.82) is 0 Å². The van der Waals surface area contributed by atoms with Crippen LogP contribution >= 0.6 is 0 Å². The van der Waals surface area contributed by atoms with Crippen LogP contribution in [0.1, 0.15) is 32.1 Å². The first-order valence-corrected chi connectivity index (χ1v) is 7.33. The Morgan fingerprint density at radius 3 is 2.95 bits per heavy atom. The van der Waals surface area contributed by atoms with Crippen LogP contribution in [0, 0.1) is 5.92 Å². The predicted octanol–water partition coefficient (Wildman–Crippen LogP) is 1.41. The van der Waals surface area contributed by atoms with E-state index in [1.807, 2.05) is 0 Å². The van der Waals surface area contributed by atoms with Crippen molar-refractivity contribution in [3.05, 3.63) is 0 Å². The van der Waals surface area contributed by atoms with Gasteiger partial charge in [0.15, 0.2) is 6.29 Å². The molecule has 0 saturated carbocycles. The van der Waals surface area contributed by atoms with E-state index in [1.165, 1.54) is 13.5 Å². The summed E-state index contributed by atoms with van der Waals surface area (Å²) < 4.78 is 16.1. The standard InChI is InChI=1S/C14H25NO4/c1-17-14(16)12-5-4-7-15(11-12)8-10-19-13-6-2-3-9-18-13/h12-13H,2-11H2,1H3/t12-,13?/m0/s1. The van der Waals surface area contributed by atoms with Crippen LogP contribution in [0.2, 0.25) is 0 Å². The maximum absolute atomic E-state index is 11.5. The molecule has 0 bridgehead atoms. The van der Waals surface area contributed by atoms with Crippen LogP contribution in [0.4, 0.5) is 0 Å². The average Bonchev–Trinajstić information content (AvgIpc) is 2.48. The molecule has 2 aliphatic rings. The number of nitrogens with zero attached hydrogens (tertiary/aromatic N) is 1. The number of esters is 1. The third-order valence-corrected chi connectivity index (χ3v) is 3.89. The summed E-state index contributed by atoms with van der Waals surface area (Å²) in [7, 11) is 1.46. The lowest BCUT2D eigenvalue weighted by atomic mass is 9.98. The predicted molar refractivity (Wildman–Crippen MR) is 70.7 cm³/mol. The first kappa shape index (κ1) is 14.8. The Morgan fingerprint density at radius 2 is 2.21 bits per heavy atom. The Hall–Kier alpha value is -0.650. The molecule has 0 aromatic heterocycles. The second kappa shape index (κ2) is 7.82. The molecule has 0 amide bonds. The second-order valence-corrected chi connectivity index (χ2v) is 5.33. The van der Waals surface area contributed by atoms with E-state index in [-0.39, 0.29) is 18.2 Å². The van der Waals surface area contributed by atoms with Gasteiger partial charge in [0.25, 0.3) is 0 Å². The van der Waals surface area contributed by atoms with Gasteiger partial charge >= 0.3 is 5.97 Å². The fourth-order valence-corrected chi connectivity index (χ4v) is 2.77. The number of rotatable bonds is 5. The highest BCUT2D eigenvalue weighted by Gasteiger charge is 2.26. The Kier molecular flexibility index (Phi) is 6.07. The van der Waals surface area contributed by atoms with E-state index in [0.717, 1.165) is 51.9 Å². The lowest BCUT2D eigenvalue weighted by molar-refractivity contribution is -0.165. The minimum absolute atomic E-state index is 0.0186. The molecular formula is C14H25NO4. The van der Waals surface area contributed by atoms with Gasteiger partial charge in [0.2, 0.25) is 0 Å². The highest BCUT2D eigenvalue weighted by atomic mass is 16.7. The van der Waals surface area contributed by atoms with Crippen LogP contribution in [-0.4, -0.2) is 57.1 Å². The third-order valence-electron chi connectivity index (χ3n) is 3.89. The maximum atomic E-state index is 11.5. The molecule has 2 aliphatic heterocycles. The molecule has 2 heterocycles. The topological polar surface area (TPSA) is 48.0 Å². The Bertz CT molecular complexity index is 279. The normalized spacial score (nSPS) is 29.1. The van der Waals surface area contributed by atoms with Crippen molar-refractivity contribution in [3.63, 3.8) is 0 Å². The van der Waals surface area contributed by atoms with Crippen LogP contribution < -0.4 is 0 Å². The van der Waals surface area contributed by atoms with Gasteiger partial charge in [0.1, 0.15) is 0 Å². The van der Waals surface area contributed by atoms with E-state index in [4.69, 9.17) is 14.2 Å². The summed E-state index contributed by atoms with van der Waals surface area (Å²) in [5, 5.41) is 0. The fraction of sp³-hybridized carbons (Fsp3) is 0.929. The van der Waals surface area contributed by atoms with Crippen molar-refractivity contribution in [2.75, 3.05) is 40.0 Å². The molecule has 1 unspecified atom stereocenters. The van der Waals surface area contributed by atoms with Crippen molar-refractivity contribution in [2.45, 2.75) is 38.4 Å². The molecule has 2 rings (SSSR count). The Balaban J connectivity index is 1.63. The molecule has 19 heavy (non-hydrogen) atoms. The number of piperidine rings is 1. The molecular weight excluding hydrogens is 246 g/mol. The van der Waals surface area contributed by atoms with E-state index in [0.29, 0.717) is 6.61 Å². The van der Waals surface area contributed by atoms with Gasteiger partial charge < -0.3 is 19.1 Å². The summed E-state index contributed by atoms with van der Waals surface area (Å²) in [6.45, 7) is 4.20. The fourth-order valence-electron chi connectivity index (χ4n) is 2.77. The van der Waals surface area contributed by atoms with Gasteiger partial charge in [-0.05, 0) is 38.6 Å². The number of methoxy groups -OCH3 is 1. The monoisotopic (exact) mass is 271 g/mol. The summed E-state index contributed by atoms with van der Waals surface area (Å²) in [6.07, 6.45) is 5.32. The average molecular weight is 271 g/mol. The lowest BCUT2D eigenvalue weighted by Crippen LogP contribution is -2.41. The zero-order valence-electron chi connectivity index (χ0n) is 11.8. The van der Waals surface area contributed by atoms with Crippen LogP contribution in [-0.2, 0) is 19.0 Å². The first-order chi connectivity index (χ1) is 9.29. The van der Waals surface area contributed by atoms with E-state index in [2.05, 4.69) is 4.90 Å². The molecule has 5 nitrogen and oxygen atoms in total. The van der Waals surface area contributed by atoms with E-state index in [9.17, 15) is 4.79 Å². The molecule has 110 valence electrons. The number of carbonyl (C=O) groups excluding carboxylic acids is 1. The minimum atomic E-state index is -0.0822. The molecule has 2 atom stereocenters. The summed E-state index contributed by atoms with van der Waals surface area (Å²) in [5.41, 5.74) is 0. The minimum Gasteiger partial charge on any atom is -0.469 e. The van der Waals surface area contributed by atoms with Crippen LogP contribution in [0.15, 0.2) is 0 Å². The summed E-state index contributed by atoms with van der Waals surface area (Å²) in [6, 6.07) is 0. The summed E-state index contributed by atoms with van der Waals surface area (Å²) in [5.74, 6) is -0.0501. The Labute approximate surface area is 115 Å². The summed E-state index contributed by atoms with van der Waals surface area (Å²) >= 11 is 0. The zero-order valence-corrected chi connectivity index (χ0v) is 11.8. The second-order valence-electron chi connectivity index (χ2n) is 5.33. The molecule has 0 radical (unpaired) electrons. The van der Waals surface area contributed by atoms with Crippen LogP contribution in [0.5, 0.6) is 0 Å². The largest absolute Gasteiger partial charge is 0.469 e. The van der Waals surface area contributed by atoms with Gasteiger partial charge in [-0.25, -0.2) is 0 Å². The zero-order chi connectivity index (χ0) is 13.5. The van der Waals surface area contributed by atoms with E-state index >= 15 is 0 Å². The van der Waals surface area contributed by atoms with E-state index < -0.39 is 0 Å². The van der Waals surface area contributed by atoms with Gasteiger partial charge in [-0.2, -0.15) is 0 Å². The number of likely N-dealkylation sites (tertiary alicyclic amines) is 1. The number of ether oxygens (including phenoxy) is 3. The van der Waals surface area contributed by atoms with Crippen LogP contribution in [0.3, 0.4) is 0 Å². The SMILES string of the molecule is COC(=O)[C@H]1CCCN(CCOC2CCCCO2)C1. The molecule has 0 aromatic rings. The van der Waals surface area contributed by atoms with Gasteiger partial charge in [-0.15, -0.1) is 0 Å². The quantitative estimate of drug-likeness (QED) is 0.708.